The summed E-state index contributed by atoms with van der Waals surface area (Å²) in [6.07, 6.45) is 3.29. The summed E-state index contributed by atoms with van der Waals surface area (Å²) in [5, 5.41) is 6.14. The molecular formula is C23H24FN5O. The average molecular weight is 405 g/mol. The number of anilines is 3. The summed E-state index contributed by atoms with van der Waals surface area (Å²) in [7, 11) is 0. The second kappa shape index (κ2) is 8.90. The van der Waals surface area contributed by atoms with E-state index in [4.69, 9.17) is 0 Å². The highest BCUT2D eigenvalue weighted by Gasteiger charge is 2.23. The number of aryl methyl sites for hydroxylation is 1. The van der Waals surface area contributed by atoms with Crippen LogP contribution in [0.3, 0.4) is 0 Å². The fourth-order valence-corrected chi connectivity index (χ4v) is 3.59. The standard InChI is InChI=1S/C23H24FN5O/c1-16-6-2-3-7-18(16)22(30)26-17-11-14-29(15-12-17)23-25-13-10-21(28-23)27-20-9-5-4-8-19(20)24/h2-10,13,17H,11-12,14-15H2,1H3,(H,26,30)(H,25,27,28). The van der Waals surface area contributed by atoms with E-state index in [1.165, 1.54) is 6.07 Å². The highest BCUT2D eigenvalue weighted by molar-refractivity contribution is 5.95. The van der Waals surface area contributed by atoms with Gasteiger partial charge in [0, 0.05) is 30.9 Å². The zero-order valence-corrected chi connectivity index (χ0v) is 16.8. The van der Waals surface area contributed by atoms with Gasteiger partial charge >= 0.3 is 0 Å². The zero-order valence-electron chi connectivity index (χ0n) is 16.8. The van der Waals surface area contributed by atoms with Crippen molar-refractivity contribution in [1.82, 2.24) is 15.3 Å². The molecule has 7 heteroatoms. The van der Waals surface area contributed by atoms with Crippen LogP contribution >= 0.6 is 0 Å². The van der Waals surface area contributed by atoms with E-state index in [9.17, 15) is 9.18 Å². The number of aromatic nitrogens is 2. The lowest BCUT2D eigenvalue weighted by molar-refractivity contribution is 0.0930. The number of nitrogens with one attached hydrogen (secondary N) is 2. The van der Waals surface area contributed by atoms with Crippen molar-refractivity contribution in [2.24, 2.45) is 0 Å². The van der Waals surface area contributed by atoms with Gasteiger partial charge in [-0.15, -0.1) is 0 Å². The second-order valence-electron chi connectivity index (χ2n) is 7.40. The Hall–Kier alpha value is -3.48. The Bertz CT molecular complexity index is 1030. The molecule has 1 aromatic heterocycles. The molecule has 0 spiro atoms. The molecule has 0 bridgehead atoms. The van der Waals surface area contributed by atoms with Gasteiger partial charge in [0.15, 0.2) is 0 Å². The Morgan fingerprint density at radius 1 is 1.07 bits per heavy atom. The third-order valence-electron chi connectivity index (χ3n) is 5.28. The SMILES string of the molecule is Cc1ccccc1C(=O)NC1CCN(c2nccc(Nc3ccccc3F)n2)CC1. The van der Waals surface area contributed by atoms with E-state index in [0.717, 1.165) is 37.1 Å². The van der Waals surface area contributed by atoms with Crippen LogP contribution in [0.1, 0.15) is 28.8 Å². The van der Waals surface area contributed by atoms with Crippen LogP contribution in [0.2, 0.25) is 0 Å². The topological polar surface area (TPSA) is 70.2 Å². The van der Waals surface area contributed by atoms with E-state index in [1.54, 1.807) is 30.5 Å². The largest absolute Gasteiger partial charge is 0.349 e. The van der Waals surface area contributed by atoms with Crippen LogP contribution < -0.4 is 15.5 Å². The molecule has 0 atom stereocenters. The number of halogens is 1. The third-order valence-corrected chi connectivity index (χ3v) is 5.28. The van der Waals surface area contributed by atoms with E-state index in [-0.39, 0.29) is 17.8 Å². The summed E-state index contributed by atoms with van der Waals surface area (Å²) >= 11 is 0. The summed E-state index contributed by atoms with van der Waals surface area (Å²) in [6, 6.07) is 15.9. The monoisotopic (exact) mass is 405 g/mol. The second-order valence-corrected chi connectivity index (χ2v) is 7.40. The van der Waals surface area contributed by atoms with Crippen molar-refractivity contribution >= 4 is 23.4 Å². The van der Waals surface area contributed by atoms with Crippen LogP contribution in [-0.4, -0.2) is 35.0 Å². The first-order valence-corrected chi connectivity index (χ1v) is 10.1. The van der Waals surface area contributed by atoms with Gasteiger partial charge in [-0.25, -0.2) is 9.37 Å². The minimum atomic E-state index is -0.331. The van der Waals surface area contributed by atoms with Crippen molar-refractivity contribution in [2.45, 2.75) is 25.8 Å². The number of carbonyl (C=O) groups is 1. The van der Waals surface area contributed by atoms with Crippen molar-refractivity contribution in [1.29, 1.82) is 0 Å². The molecule has 1 fully saturated rings. The van der Waals surface area contributed by atoms with Gasteiger partial charge in [-0.1, -0.05) is 30.3 Å². The maximum atomic E-state index is 13.9. The predicted molar refractivity (Wildman–Crippen MR) is 116 cm³/mol. The zero-order chi connectivity index (χ0) is 20.9. The van der Waals surface area contributed by atoms with Crippen molar-refractivity contribution < 1.29 is 9.18 Å². The Morgan fingerprint density at radius 3 is 2.57 bits per heavy atom. The van der Waals surface area contributed by atoms with E-state index in [2.05, 4.69) is 25.5 Å². The van der Waals surface area contributed by atoms with Gasteiger partial charge in [-0.3, -0.25) is 4.79 Å². The van der Waals surface area contributed by atoms with Gasteiger partial charge in [-0.2, -0.15) is 4.98 Å². The average Bonchev–Trinajstić information content (AvgIpc) is 2.76. The normalized spacial score (nSPS) is 14.4. The summed E-state index contributed by atoms with van der Waals surface area (Å²) in [5.41, 5.74) is 2.06. The van der Waals surface area contributed by atoms with E-state index in [0.29, 0.717) is 17.5 Å². The van der Waals surface area contributed by atoms with Crippen LogP contribution in [0.15, 0.2) is 60.8 Å². The van der Waals surface area contributed by atoms with Crippen LogP contribution in [0.5, 0.6) is 0 Å². The highest BCUT2D eigenvalue weighted by atomic mass is 19.1. The highest BCUT2D eigenvalue weighted by Crippen LogP contribution is 2.21. The van der Waals surface area contributed by atoms with E-state index < -0.39 is 0 Å². The third kappa shape index (κ3) is 4.56. The number of para-hydroxylation sites is 1. The molecule has 2 heterocycles. The van der Waals surface area contributed by atoms with Gasteiger partial charge in [0.05, 0.1) is 5.69 Å². The molecule has 3 aromatic rings. The Balaban J connectivity index is 1.36. The number of nitrogens with zero attached hydrogens (tertiary/aromatic N) is 3. The molecule has 1 aliphatic rings. The number of rotatable bonds is 5. The van der Waals surface area contributed by atoms with Crippen LogP contribution in [0.4, 0.5) is 21.8 Å². The minimum absolute atomic E-state index is 0.0288. The molecular weight excluding hydrogens is 381 g/mol. The van der Waals surface area contributed by atoms with E-state index >= 15 is 0 Å². The molecule has 1 amide bonds. The quantitative estimate of drug-likeness (QED) is 0.670. The molecule has 0 saturated carbocycles. The first-order valence-electron chi connectivity index (χ1n) is 10.1. The number of benzene rings is 2. The van der Waals surface area contributed by atoms with Crippen LogP contribution in [0.25, 0.3) is 0 Å². The van der Waals surface area contributed by atoms with Gasteiger partial charge in [0.2, 0.25) is 5.95 Å². The Morgan fingerprint density at radius 2 is 1.80 bits per heavy atom. The minimum Gasteiger partial charge on any atom is -0.349 e. The molecule has 2 N–H and O–H groups in total. The Kier molecular flexibility index (Phi) is 5.88. The first kappa shape index (κ1) is 19.8. The lowest BCUT2D eigenvalue weighted by Crippen LogP contribution is -2.45. The van der Waals surface area contributed by atoms with Crippen molar-refractivity contribution in [3.8, 4) is 0 Å². The molecule has 1 aliphatic heterocycles. The molecule has 30 heavy (non-hydrogen) atoms. The van der Waals surface area contributed by atoms with Crippen molar-refractivity contribution in [3.05, 3.63) is 77.7 Å². The van der Waals surface area contributed by atoms with Gasteiger partial charge in [0.25, 0.3) is 5.91 Å². The summed E-state index contributed by atoms with van der Waals surface area (Å²) < 4.78 is 13.9. The molecule has 0 unspecified atom stereocenters. The molecule has 2 aromatic carbocycles. The van der Waals surface area contributed by atoms with Crippen LogP contribution in [-0.2, 0) is 0 Å². The van der Waals surface area contributed by atoms with Gasteiger partial charge in [0.1, 0.15) is 11.6 Å². The number of hydrogen-bond acceptors (Lipinski definition) is 5. The lowest BCUT2D eigenvalue weighted by atomic mass is 10.0. The molecule has 1 saturated heterocycles. The van der Waals surface area contributed by atoms with Gasteiger partial charge in [-0.05, 0) is 49.6 Å². The fraction of sp³-hybridized carbons (Fsp3) is 0.261. The molecule has 4 rings (SSSR count). The summed E-state index contributed by atoms with van der Waals surface area (Å²) in [4.78, 5) is 23.5. The lowest BCUT2D eigenvalue weighted by Gasteiger charge is -2.32. The smallest absolute Gasteiger partial charge is 0.251 e. The number of piperidine rings is 1. The number of amides is 1. The van der Waals surface area contributed by atoms with Crippen molar-refractivity contribution in [2.75, 3.05) is 23.3 Å². The predicted octanol–water partition coefficient (Wildman–Crippen LogP) is 4.07. The molecule has 6 nitrogen and oxygen atoms in total. The summed E-state index contributed by atoms with van der Waals surface area (Å²) in [5.74, 6) is 0.779. The Labute approximate surface area is 175 Å². The van der Waals surface area contributed by atoms with Crippen molar-refractivity contribution in [3.63, 3.8) is 0 Å². The maximum absolute atomic E-state index is 13.9. The van der Waals surface area contributed by atoms with E-state index in [1.807, 2.05) is 31.2 Å². The molecule has 0 radical (unpaired) electrons. The van der Waals surface area contributed by atoms with Gasteiger partial charge < -0.3 is 15.5 Å². The molecule has 0 aliphatic carbocycles. The van der Waals surface area contributed by atoms with Crippen LogP contribution in [0, 0.1) is 12.7 Å². The summed E-state index contributed by atoms with van der Waals surface area (Å²) in [6.45, 7) is 3.42. The maximum Gasteiger partial charge on any atom is 0.251 e. The molecule has 154 valence electrons. The fourth-order valence-electron chi connectivity index (χ4n) is 3.59. The first-order chi connectivity index (χ1) is 14.6. The number of carbonyl (C=O) groups excluding carboxylic acids is 1. The number of hydrogen-bond donors (Lipinski definition) is 2.